The Bertz CT molecular complexity index is 1480. The van der Waals surface area contributed by atoms with Gasteiger partial charge in [0, 0.05) is 62.3 Å². The Labute approximate surface area is 211 Å². The number of benzene rings is 1. The van der Waals surface area contributed by atoms with Gasteiger partial charge in [-0.15, -0.1) is 0 Å². The van der Waals surface area contributed by atoms with E-state index in [2.05, 4.69) is 35.5 Å². The van der Waals surface area contributed by atoms with Gasteiger partial charge in [0.05, 0.1) is 33.6 Å². The van der Waals surface area contributed by atoms with Gasteiger partial charge in [0.1, 0.15) is 17.0 Å². The van der Waals surface area contributed by atoms with Crippen LogP contribution in [-0.4, -0.2) is 46.1 Å². The third-order valence-electron chi connectivity index (χ3n) is 5.96. The van der Waals surface area contributed by atoms with E-state index in [9.17, 15) is 4.39 Å². The quantitative estimate of drug-likeness (QED) is 0.415. The van der Waals surface area contributed by atoms with E-state index in [0.717, 1.165) is 26.2 Å². The van der Waals surface area contributed by atoms with Crippen LogP contribution in [0.25, 0.3) is 22.3 Å². The fraction of sp³-hybridized carbons (Fsp3) is 0.240. The van der Waals surface area contributed by atoms with Gasteiger partial charge in [-0.3, -0.25) is 0 Å². The number of anilines is 2. The van der Waals surface area contributed by atoms with Crippen LogP contribution < -0.4 is 15.5 Å². The molecular formula is C25H21ClF2N8. The van der Waals surface area contributed by atoms with Crippen molar-refractivity contribution in [2.75, 3.05) is 36.4 Å². The summed E-state index contributed by atoms with van der Waals surface area (Å²) in [5.74, 6) is -0.464. The first kappa shape index (κ1) is 23.8. The van der Waals surface area contributed by atoms with Gasteiger partial charge in [-0.05, 0) is 25.1 Å². The zero-order valence-corrected chi connectivity index (χ0v) is 20.1. The molecule has 1 aliphatic heterocycles. The van der Waals surface area contributed by atoms with Crippen molar-refractivity contribution in [1.82, 2.24) is 25.3 Å². The van der Waals surface area contributed by atoms with Crippen LogP contribution >= 0.6 is 11.6 Å². The minimum atomic E-state index is -0.575. The molecule has 0 aliphatic carbocycles. The number of piperazine rings is 1. The Hall–Kier alpha value is -3.94. The number of hydrogen-bond donors (Lipinski definition) is 2. The molecule has 0 bridgehead atoms. The normalized spacial score (nSPS) is 13.6. The molecule has 1 fully saturated rings. The van der Waals surface area contributed by atoms with Gasteiger partial charge in [0.2, 0.25) is 5.95 Å². The fourth-order valence-corrected chi connectivity index (χ4v) is 4.26. The number of nitriles is 1. The van der Waals surface area contributed by atoms with E-state index in [1.807, 2.05) is 6.07 Å². The largest absolute Gasteiger partial charge is 0.378 e. The smallest absolute Gasteiger partial charge is 0.225 e. The molecule has 0 spiro atoms. The average molecular weight is 507 g/mol. The second-order valence-corrected chi connectivity index (χ2v) is 8.73. The molecule has 36 heavy (non-hydrogen) atoms. The molecule has 1 aromatic carbocycles. The lowest BCUT2D eigenvalue weighted by Gasteiger charge is -2.27. The molecule has 2 N–H and O–H groups in total. The van der Waals surface area contributed by atoms with Crippen LogP contribution in [0.3, 0.4) is 0 Å². The molecule has 0 saturated carbocycles. The molecule has 11 heteroatoms. The number of nitrogens with zero attached hydrogens (tertiary/aromatic N) is 6. The summed E-state index contributed by atoms with van der Waals surface area (Å²) in [6.45, 7) is 5.00. The highest BCUT2D eigenvalue weighted by Crippen LogP contribution is 2.34. The summed E-state index contributed by atoms with van der Waals surface area (Å²) in [4.78, 5) is 19.8. The summed E-state index contributed by atoms with van der Waals surface area (Å²) in [6.07, 6.45) is 3.08. The highest BCUT2D eigenvalue weighted by Gasteiger charge is 2.19. The maximum absolute atomic E-state index is 15.1. The number of halogens is 3. The Morgan fingerprint density at radius 3 is 2.58 bits per heavy atom. The second kappa shape index (κ2) is 9.97. The van der Waals surface area contributed by atoms with Crippen molar-refractivity contribution in [3.05, 3.63) is 70.1 Å². The number of pyridine rings is 2. The van der Waals surface area contributed by atoms with E-state index < -0.39 is 11.6 Å². The highest BCUT2D eigenvalue weighted by atomic mass is 35.5. The van der Waals surface area contributed by atoms with Crippen LogP contribution in [-0.2, 0) is 6.54 Å². The maximum atomic E-state index is 15.1. The minimum absolute atomic E-state index is 0.0382. The van der Waals surface area contributed by atoms with Crippen LogP contribution in [0.4, 0.5) is 20.4 Å². The lowest BCUT2D eigenvalue weighted by atomic mass is 10.1. The Morgan fingerprint density at radius 2 is 1.86 bits per heavy atom. The number of rotatable bonds is 5. The van der Waals surface area contributed by atoms with E-state index in [0.29, 0.717) is 39.5 Å². The molecular weight excluding hydrogens is 486 g/mol. The molecule has 3 aromatic heterocycles. The predicted octanol–water partition coefficient (Wildman–Crippen LogP) is 4.22. The fourth-order valence-electron chi connectivity index (χ4n) is 4.06. The Balaban J connectivity index is 1.52. The molecule has 0 atom stereocenters. The van der Waals surface area contributed by atoms with Crippen molar-refractivity contribution in [3.8, 4) is 17.3 Å². The van der Waals surface area contributed by atoms with Crippen molar-refractivity contribution >= 4 is 34.3 Å². The number of aromatic nitrogens is 4. The van der Waals surface area contributed by atoms with Gasteiger partial charge in [-0.25, -0.2) is 28.7 Å². The van der Waals surface area contributed by atoms with Crippen molar-refractivity contribution in [1.29, 1.82) is 5.26 Å². The number of nitrogens with one attached hydrogen (secondary N) is 2. The number of hydrogen-bond acceptors (Lipinski definition) is 8. The van der Waals surface area contributed by atoms with Crippen LogP contribution in [0.2, 0.25) is 5.02 Å². The van der Waals surface area contributed by atoms with Crippen molar-refractivity contribution in [2.24, 2.45) is 0 Å². The third kappa shape index (κ3) is 4.63. The summed E-state index contributed by atoms with van der Waals surface area (Å²) in [7, 11) is 0. The monoisotopic (exact) mass is 506 g/mol. The van der Waals surface area contributed by atoms with Crippen LogP contribution in [0, 0.1) is 29.9 Å². The molecule has 182 valence electrons. The molecule has 4 heterocycles. The highest BCUT2D eigenvalue weighted by molar-refractivity contribution is 6.35. The van der Waals surface area contributed by atoms with E-state index in [-0.39, 0.29) is 22.8 Å². The molecule has 0 radical (unpaired) electrons. The molecule has 1 aliphatic rings. The summed E-state index contributed by atoms with van der Waals surface area (Å²) in [5.41, 5.74) is 2.56. The minimum Gasteiger partial charge on any atom is -0.378 e. The second-order valence-electron chi connectivity index (χ2n) is 8.35. The summed E-state index contributed by atoms with van der Waals surface area (Å²) < 4.78 is 29.4. The molecule has 4 aromatic rings. The Morgan fingerprint density at radius 1 is 1.11 bits per heavy atom. The summed E-state index contributed by atoms with van der Waals surface area (Å²) >= 11 is 6.54. The maximum Gasteiger partial charge on any atom is 0.225 e. The zero-order valence-electron chi connectivity index (χ0n) is 19.3. The van der Waals surface area contributed by atoms with Gasteiger partial charge in [-0.2, -0.15) is 5.26 Å². The van der Waals surface area contributed by atoms with E-state index in [1.54, 1.807) is 19.3 Å². The zero-order chi connectivity index (χ0) is 25.2. The summed E-state index contributed by atoms with van der Waals surface area (Å²) in [6, 6.07) is 7.39. The first-order valence-electron chi connectivity index (χ1n) is 11.3. The van der Waals surface area contributed by atoms with Gasteiger partial charge in [0.15, 0.2) is 5.82 Å². The van der Waals surface area contributed by atoms with Crippen LogP contribution in [0.1, 0.15) is 16.8 Å². The standard InChI is InChI=1S/C25H21ClF2N8/c1-14-21(26)24(31-11-16-8-15(10-29)2-3-18(16)27)23-20(34-14)9-19(28)22(35-23)17-12-32-25(33-13-17)36-6-4-30-5-7-36/h2-3,8-9,12-13,30H,4-7,11H2,1H3,(H,31,34). The van der Waals surface area contributed by atoms with Crippen LogP contribution in [0.5, 0.6) is 0 Å². The molecule has 5 rings (SSSR count). The van der Waals surface area contributed by atoms with Gasteiger partial charge < -0.3 is 15.5 Å². The van der Waals surface area contributed by atoms with Gasteiger partial charge >= 0.3 is 0 Å². The van der Waals surface area contributed by atoms with Crippen molar-refractivity contribution in [2.45, 2.75) is 13.5 Å². The number of aryl methyl sites for hydroxylation is 1. The van der Waals surface area contributed by atoms with Crippen molar-refractivity contribution in [3.63, 3.8) is 0 Å². The lowest BCUT2D eigenvalue weighted by molar-refractivity contribution is 0.580. The van der Waals surface area contributed by atoms with E-state index in [1.165, 1.54) is 24.3 Å². The van der Waals surface area contributed by atoms with Gasteiger partial charge in [-0.1, -0.05) is 11.6 Å². The Kier molecular flexibility index (Phi) is 6.59. The molecule has 0 amide bonds. The van der Waals surface area contributed by atoms with Gasteiger partial charge in [0.25, 0.3) is 0 Å². The topological polar surface area (TPSA) is 103 Å². The summed E-state index contributed by atoms with van der Waals surface area (Å²) in [5, 5.41) is 15.8. The first-order chi connectivity index (χ1) is 17.4. The molecule has 0 unspecified atom stereocenters. The SMILES string of the molecule is Cc1nc2cc(F)c(-c3cnc(N4CCNCC4)nc3)nc2c(NCc2cc(C#N)ccc2F)c1Cl. The lowest BCUT2D eigenvalue weighted by Crippen LogP contribution is -2.44. The molecule has 1 saturated heterocycles. The van der Waals surface area contributed by atoms with Crippen LogP contribution in [0.15, 0.2) is 36.7 Å². The van der Waals surface area contributed by atoms with E-state index >= 15 is 4.39 Å². The number of fused-ring (bicyclic) bond motifs is 1. The average Bonchev–Trinajstić information content (AvgIpc) is 2.90. The molecule has 8 nitrogen and oxygen atoms in total. The van der Waals surface area contributed by atoms with Crippen molar-refractivity contribution < 1.29 is 8.78 Å². The van der Waals surface area contributed by atoms with E-state index in [4.69, 9.17) is 16.9 Å². The third-order valence-corrected chi connectivity index (χ3v) is 6.42. The predicted molar refractivity (Wildman–Crippen MR) is 134 cm³/mol. The first-order valence-corrected chi connectivity index (χ1v) is 11.7.